The van der Waals surface area contributed by atoms with Gasteiger partial charge in [-0.3, -0.25) is 4.79 Å². The molecular weight excluding hydrogens is 268 g/mol. The molecule has 1 aromatic heterocycles. The number of H-pyrrole nitrogens is 1. The first-order valence-corrected chi connectivity index (χ1v) is 6.88. The third-order valence-electron chi connectivity index (χ3n) is 3.58. The van der Waals surface area contributed by atoms with Crippen molar-refractivity contribution in [3.8, 4) is 0 Å². The number of carbonyl (C=O) groups excluding carboxylic acids is 1. The highest BCUT2D eigenvalue weighted by molar-refractivity contribution is 5.68. The maximum atomic E-state index is 12.1. The summed E-state index contributed by atoms with van der Waals surface area (Å²) in [4.78, 5) is 27.6. The van der Waals surface area contributed by atoms with Crippen LogP contribution in [0.1, 0.15) is 16.7 Å². The molecule has 0 atom stereocenters. The molecule has 108 valence electrons. The zero-order chi connectivity index (χ0) is 14.7. The second-order valence-corrected chi connectivity index (χ2v) is 5.06. The van der Waals surface area contributed by atoms with Gasteiger partial charge in [0.25, 0.3) is 0 Å². The van der Waals surface area contributed by atoms with Crippen molar-refractivity contribution in [2.45, 2.75) is 19.6 Å². The van der Waals surface area contributed by atoms with E-state index >= 15 is 0 Å². The van der Waals surface area contributed by atoms with Crippen molar-refractivity contribution in [3.05, 3.63) is 69.6 Å². The van der Waals surface area contributed by atoms with Crippen LogP contribution < -0.4 is 5.56 Å². The predicted molar refractivity (Wildman–Crippen MR) is 77.8 cm³/mol. The van der Waals surface area contributed by atoms with E-state index in [2.05, 4.69) is 4.98 Å². The molecule has 3 rings (SSSR count). The molecule has 2 aromatic rings. The second kappa shape index (κ2) is 5.83. The number of rotatable bonds is 2. The van der Waals surface area contributed by atoms with Gasteiger partial charge in [0.15, 0.2) is 0 Å². The molecule has 0 saturated carbocycles. The Balaban J connectivity index is 1.62. The SMILES string of the molecule is O=C(OCc1ccccc1)N1CCc2cc(=O)[nH]cc2C1. The summed E-state index contributed by atoms with van der Waals surface area (Å²) >= 11 is 0. The smallest absolute Gasteiger partial charge is 0.410 e. The van der Waals surface area contributed by atoms with Gasteiger partial charge in [0.1, 0.15) is 6.61 Å². The number of hydrogen-bond acceptors (Lipinski definition) is 3. The summed E-state index contributed by atoms with van der Waals surface area (Å²) in [5.74, 6) is 0. The Labute approximate surface area is 122 Å². The molecule has 1 aliphatic rings. The first-order valence-electron chi connectivity index (χ1n) is 6.88. The summed E-state index contributed by atoms with van der Waals surface area (Å²) in [7, 11) is 0. The van der Waals surface area contributed by atoms with Gasteiger partial charge in [-0.2, -0.15) is 0 Å². The lowest BCUT2D eigenvalue weighted by atomic mass is 10.0. The average molecular weight is 284 g/mol. The Hall–Kier alpha value is -2.56. The van der Waals surface area contributed by atoms with Crippen LogP contribution in [0.15, 0.2) is 47.4 Å². The molecule has 21 heavy (non-hydrogen) atoms. The van der Waals surface area contributed by atoms with E-state index in [0.717, 1.165) is 16.7 Å². The molecule has 1 N–H and O–H groups in total. The van der Waals surface area contributed by atoms with Crippen molar-refractivity contribution in [1.29, 1.82) is 0 Å². The minimum Gasteiger partial charge on any atom is -0.445 e. The summed E-state index contributed by atoms with van der Waals surface area (Å²) in [5.41, 5.74) is 2.84. The molecule has 0 fully saturated rings. The topological polar surface area (TPSA) is 62.4 Å². The molecule has 0 aliphatic carbocycles. The standard InChI is InChI=1S/C16H16N2O3/c19-15-8-13-6-7-18(10-14(13)9-17-15)16(20)21-11-12-4-2-1-3-5-12/h1-5,8-9H,6-7,10-11H2,(H,17,19). The van der Waals surface area contributed by atoms with Gasteiger partial charge in [0.05, 0.1) is 6.54 Å². The Morgan fingerprint density at radius 3 is 2.86 bits per heavy atom. The number of nitrogens with one attached hydrogen (secondary N) is 1. The van der Waals surface area contributed by atoms with E-state index in [-0.39, 0.29) is 18.3 Å². The summed E-state index contributed by atoms with van der Waals surface area (Å²) in [5, 5.41) is 0. The van der Waals surface area contributed by atoms with Crippen molar-refractivity contribution >= 4 is 6.09 Å². The molecule has 1 amide bonds. The van der Waals surface area contributed by atoms with Crippen LogP contribution in [0.3, 0.4) is 0 Å². The molecule has 1 aromatic carbocycles. The van der Waals surface area contributed by atoms with Gasteiger partial charge >= 0.3 is 6.09 Å². The van der Waals surface area contributed by atoms with E-state index in [4.69, 9.17) is 4.74 Å². The van der Waals surface area contributed by atoms with Gasteiger partial charge < -0.3 is 14.6 Å². The molecule has 5 heteroatoms. The van der Waals surface area contributed by atoms with Crippen LogP contribution in [0.2, 0.25) is 0 Å². The zero-order valence-electron chi connectivity index (χ0n) is 11.5. The van der Waals surface area contributed by atoms with E-state index in [1.807, 2.05) is 30.3 Å². The number of amides is 1. The Morgan fingerprint density at radius 2 is 2.05 bits per heavy atom. The van der Waals surface area contributed by atoms with Crippen LogP contribution in [0, 0.1) is 0 Å². The molecule has 2 heterocycles. The van der Waals surface area contributed by atoms with Crippen LogP contribution in [0.25, 0.3) is 0 Å². The van der Waals surface area contributed by atoms with E-state index in [9.17, 15) is 9.59 Å². The molecule has 0 spiro atoms. The maximum Gasteiger partial charge on any atom is 0.410 e. The average Bonchev–Trinajstić information content (AvgIpc) is 2.53. The highest BCUT2D eigenvalue weighted by Gasteiger charge is 2.22. The van der Waals surface area contributed by atoms with Gasteiger partial charge in [-0.05, 0) is 23.1 Å². The van der Waals surface area contributed by atoms with Crippen molar-refractivity contribution in [2.24, 2.45) is 0 Å². The summed E-state index contributed by atoms with van der Waals surface area (Å²) in [6.07, 6.45) is 2.03. The lowest BCUT2D eigenvalue weighted by Gasteiger charge is -2.27. The summed E-state index contributed by atoms with van der Waals surface area (Å²) < 4.78 is 5.32. The number of ether oxygens (including phenoxy) is 1. The summed E-state index contributed by atoms with van der Waals surface area (Å²) in [6, 6.07) is 11.2. The maximum absolute atomic E-state index is 12.1. The molecule has 0 bridgehead atoms. The van der Waals surface area contributed by atoms with Crippen molar-refractivity contribution in [2.75, 3.05) is 6.54 Å². The Kier molecular flexibility index (Phi) is 3.73. The second-order valence-electron chi connectivity index (χ2n) is 5.06. The van der Waals surface area contributed by atoms with Crippen LogP contribution in [-0.4, -0.2) is 22.5 Å². The Morgan fingerprint density at radius 1 is 1.24 bits per heavy atom. The quantitative estimate of drug-likeness (QED) is 0.918. The van der Waals surface area contributed by atoms with Crippen molar-refractivity contribution < 1.29 is 9.53 Å². The monoisotopic (exact) mass is 284 g/mol. The van der Waals surface area contributed by atoms with Gasteiger partial charge in [0.2, 0.25) is 5.56 Å². The van der Waals surface area contributed by atoms with E-state index in [0.29, 0.717) is 19.5 Å². The number of benzene rings is 1. The first-order chi connectivity index (χ1) is 10.2. The van der Waals surface area contributed by atoms with Crippen LogP contribution in [0.4, 0.5) is 4.79 Å². The number of nitrogens with zero attached hydrogens (tertiary/aromatic N) is 1. The lowest BCUT2D eigenvalue weighted by molar-refractivity contribution is 0.0918. The van der Waals surface area contributed by atoms with Crippen molar-refractivity contribution in [3.63, 3.8) is 0 Å². The number of fused-ring (bicyclic) bond motifs is 1. The highest BCUT2D eigenvalue weighted by atomic mass is 16.6. The van der Waals surface area contributed by atoms with Crippen molar-refractivity contribution in [1.82, 2.24) is 9.88 Å². The number of pyridine rings is 1. The minimum absolute atomic E-state index is 0.103. The fraction of sp³-hybridized carbons (Fsp3) is 0.250. The third-order valence-corrected chi connectivity index (χ3v) is 3.58. The van der Waals surface area contributed by atoms with E-state index in [1.165, 1.54) is 0 Å². The molecule has 0 unspecified atom stereocenters. The van der Waals surface area contributed by atoms with Crippen LogP contribution >= 0.6 is 0 Å². The largest absolute Gasteiger partial charge is 0.445 e. The number of aromatic amines is 1. The van der Waals surface area contributed by atoms with Gasteiger partial charge in [-0.25, -0.2) is 4.79 Å². The molecule has 1 aliphatic heterocycles. The number of aromatic nitrogens is 1. The molecule has 5 nitrogen and oxygen atoms in total. The zero-order valence-corrected chi connectivity index (χ0v) is 11.5. The van der Waals surface area contributed by atoms with Gasteiger partial charge in [0, 0.05) is 18.8 Å². The van der Waals surface area contributed by atoms with Gasteiger partial charge in [-0.1, -0.05) is 30.3 Å². The molecule has 0 saturated heterocycles. The number of carbonyl (C=O) groups is 1. The predicted octanol–water partition coefficient (Wildman–Crippen LogP) is 2.07. The normalized spacial score (nSPS) is 13.6. The fourth-order valence-corrected chi connectivity index (χ4v) is 2.43. The highest BCUT2D eigenvalue weighted by Crippen LogP contribution is 2.17. The van der Waals surface area contributed by atoms with Crippen LogP contribution in [-0.2, 0) is 24.3 Å². The number of hydrogen-bond donors (Lipinski definition) is 1. The first kappa shape index (κ1) is 13.4. The van der Waals surface area contributed by atoms with E-state index < -0.39 is 0 Å². The molecular formula is C16H16N2O3. The minimum atomic E-state index is -0.323. The molecule has 0 radical (unpaired) electrons. The van der Waals surface area contributed by atoms with E-state index in [1.54, 1.807) is 17.2 Å². The van der Waals surface area contributed by atoms with Gasteiger partial charge in [-0.15, -0.1) is 0 Å². The lowest BCUT2D eigenvalue weighted by Crippen LogP contribution is -2.36. The summed E-state index contributed by atoms with van der Waals surface area (Å²) in [6.45, 7) is 1.32. The fourth-order valence-electron chi connectivity index (χ4n) is 2.43. The Bertz CT molecular complexity index is 694. The van der Waals surface area contributed by atoms with Crippen LogP contribution in [0.5, 0.6) is 0 Å². The third kappa shape index (κ3) is 3.13.